The molecule has 158 valence electrons. The Hall–Kier alpha value is -3.22. The number of hydrogen-bond acceptors (Lipinski definition) is 4. The van der Waals surface area contributed by atoms with Gasteiger partial charge in [-0.2, -0.15) is 5.10 Å². The first kappa shape index (κ1) is 21.5. The van der Waals surface area contributed by atoms with Crippen molar-refractivity contribution in [2.24, 2.45) is 0 Å². The number of rotatable bonds is 6. The summed E-state index contributed by atoms with van der Waals surface area (Å²) in [5.74, 6) is -0.404. The standard InChI is InChI=1S/C23H29N5O2/c1-13-9-14(2)23(15(3)10-13)26-22(30)12-24-21(29)8-7-19-17(5)25-20-11-16(4)27-28(20)18(19)6/h9-11H,7-8,12H2,1-6H3,(H,24,29)(H,26,30). The lowest BCUT2D eigenvalue weighted by atomic mass is 10.1. The van der Waals surface area contributed by atoms with Crippen LogP contribution >= 0.6 is 0 Å². The van der Waals surface area contributed by atoms with Crippen molar-refractivity contribution < 1.29 is 9.59 Å². The van der Waals surface area contributed by atoms with E-state index in [1.54, 1.807) is 0 Å². The van der Waals surface area contributed by atoms with Crippen molar-refractivity contribution >= 4 is 23.1 Å². The Labute approximate surface area is 176 Å². The fraction of sp³-hybridized carbons (Fsp3) is 0.391. The zero-order valence-corrected chi connectivity index (χ0v) is 18.5. The van der Waals surface area contributed by atoms with Gasteiger partial charge in [-0.15, -0.1) is 0 Å². The number of nitrogens with one attached hydrogen (secondary N) is 2. The van der Waals surface area contributed by atoms with E-state index in [4.69, 9.17) is 0 Å². The van der Waals surface area contributed by atoms with E-state index in [-0.39, 0.29) is 24.8 Å². The van der Waals surface area contributed by atoms with E-state index < -0.39 is 0 Å². The van der Waals surface area contributed by atoms with Gasteiger partial charge >= 0.3 is 0 Å². The second-order valence-electron chi connectivity index (χ2n) is 7.92. The van der Waals surface area contributed by atoms with Gasteiger partial charge in [-0.05, 0) is 64.7 Å². The maximum atomic E-state index is 12.3. The maximum absolute atomic E-state index is 12.3. The number of benzene rings is 1. The van der Waals surface area contributed by atoms with Crippen molar-refractivity contribution in [3.05, 3.63) is 57.5 Å². The molecule has 7 nitrogen and oxygen atoms in total. The van der Waals surface area contributed by atoms with Gasteiger partial charge in [0.1, 0.15) is 0 Å². The Bertz CT molecular complexity index is 1110. The summed E-state index contributed by atoms with van der Waals surface area (Å²) in [5, 5.41) is 10.1. The molecule has 0 saturated heterocycles. The maximum Gasteiger partial charge on any atom is 0.243 e. The Morgan fingerprint density at radius 3 is 2.30 bits per heavy atom. The highest BCUT2D eigenvalue weighted by Gasteiger charge is 2.14. The van der Waals surface area contributed by atoms with E-state index in [0.717, 1.165) is 50.7 Å². The Kier molecular flexibility index (Phi) is 6.20. The largest absolute Gasteiger partial charge is 0.347 e. The molecule has 0 aliphatic heterocycles. The van der Waals surface area contributed by atoms with Crippen molar-refractivity contribution in [1.82, 2.24) is 19.9 Å². The molecule has 0 saturated carbocycles. The third kappa shape index (κ3) is 4.67. The van der Waals surface area contributed by atoms with Gasteiger partial charge in [0.2, 0.25) is 11.8 Å². The summed E-state index contributed by atoms with van der Waals surface area (Å²) in [6.07, 6.45) is 0.828. The van der Waals surface area contributed by atoms with E-state index in [0.29, 0.717) is 6.42 Å². The fourth-order valence-electron chi connectivity index (χ4n) is 3.87. The molecule has 0 aliphatic rings. The van der Waals surface area contributed by atoms with Crippen LogP contribution < -0.4 is 10.6 Å². The summed E-state index contributed by atoms with van der Waals surface area (Å²) in [7, 11) is 0. The molecule has 2 amide bonds. The van der Waals surface area contributed by atoms with E-state index in [1.165, 1.54) is 0 Å². The Morgan fingerprint density at radius 2 is 1.63 bits per heavy atom. The number of aromatic nitrogens is 3. The molecule has 2 heterocycles. The average Bonchev–Trinajstić information content (AvgIpc) is 3.03. The van der Waals surface area contributed by atoms with Crippen LogP contribution in [0.2, 0.25) is 0 Å². The number of hydrogen-bond donors (Lipinski definition) is 2. The molecular formula is C23H29N5O2. The predicted octanol–water partition coefficient (Wildman–Crippen LogP) is 3.27. The molecule has 0 bridgehead atoms. The van der Waals surface area contributed by atoms with Crippen LogP contribution in [0.15, 0.2) is 18.2 Å². The molecule has 0 spiro atoms. The van der Waals surface area contributed by atoms with Crippen LogP contribution in [0.3, 0.4) is 0 Å². The second kappa shape index (κ2) is 8.65. The first-order valence-corrected chi connectivity index (χ1v) is 10.1. The number of nitrogens with zero attached hydrogens (tertiary/aromatic N) is 3. The van der Waals surface area contributed by atoms with Gasteiger partial charge in [0.05, 0.1) is 12.2 Å². The molecule has 2 N–H and O–H groups in total. The van der Waals surface area contributed by atoms with E-state index in [2.05, 4.69) is 20.7 Å². The summed E-state index contributed by atoms with van der Waals surface area (Å²) in [6, 6.07) is 5.99. The summed E-state index contributed by atoms with van der Waals surface area (Å²) in [6.45, 7) is 11.8. The average molecular weight is 408 g/mol. The summed E-state index contributed by atoms with van der Waals surface area (Å²) in [5.41, 5.74) is 8.59. The Balaban J connectivity index is 1.57. The molecule has 2 aromatic heterocycles. The molecule has 0 atom stereocenters. The van der Waals surface area contributed by atoms with Crippen LogP contribution in [0, 0.1) is 41.5 Å². The zero-order chi connectivity index (χ0) is 22.0. The first-order valence-electron chi connectivity index (χ1n) is 10.1. The minimum atomic E-state index is -0.235. The molecule has 30 heavy (non-hydrogen) atoms. The van der Waals surface area contributed by atoms with Crippen LogP contribution in [-0.4, -0.2) is 33.0 Å². The van der Waals surface area contributed by atoms with Gasteiger partial charge in [-0.3, -0.25) is 9.59 Å². The van der Waals surface area contributed by atoms with Gasteiger partial charge in [-0.1, -0.05) is 17.7 Å². The number of amides is 2. The lowest BCUT2D eigenvalue weighted by molar-refractivity contribution is -0.124. The Morgan fingerprint density at radius 1 is 0.967 bits per heavy atom. The molecular weight excluding hydrogens is 378 g/mol. The van der Waals surface area contributed by atoms with Crippen LogP contribution in [0.5, 0.6) is 0 Å². The third-order valence-corrected chi connectivity index (χ3v) is 5.28. The van der Waals surface area contributed by atoms with Crippen LogP contribution in [0.4, 0.5) is 5.69 Å². The molecule has 0 aliphatic carbocycles. The van der Waals surface area contributed by atoms with Crippen molar-refractivity contribution in [2.75, 3.05) is 11.9 Å². The minimum Gasteiger partial charge on any atom is -0.347 e. The summed E-state index contributed by atoms with van der Waals surface area (Å²) < 4.78 is 1.81. The predicted molar refractivity (Wildman–Crippen MR) is 118 cm³/mol. The molecule has 3 rings (SSSR count). The lowest BCUT2D eigenvalue weighted by Crippen LogP contribution is -2.33. The fourth-order valence-corrected chi connectivity index (χ4v) is 3.87. The molecule has 7 heteroatoms. The van der Waals surface area contributed by atoms with Gasteiger partial charge in [0, 0.05) is 29.6 Å². The number of carbonyl (C=O) groups is 2. The topological polar surface area (TPSA) is 88.4 Å². The summed E-state index contributed by atoms with van der Waals surface area (Å²) >= 11 is 0. The monoisotopic (exact) mass is 407 g/mol. The molecule has 0 radical (unpaired) electrons. The van der Waals surface area contributed by atoms with Gasteiger partial charge in [-0.25, -0.2) is 9.50 Å². The van der Waals surface area contributed by atoms with E-state index in [9.17, 15) is 9.59 Å². The smallest absolute Gasteiger partial charge is 0.243 e. The van der Waals surface area contributed by atoms with Crippen LogP contribution in [-0.2, 0) is 16.0 Å². The van der Waals surface area contributed by atoms with Crippen molar-refractivity contribution in [2.45, 2.75) is 54.4 Å². The van der Waals surface area contributed by atoms with Gasteiger partial charge < -0.3 is 10.6 Å². The number of anilines is 1. The van der Waals surface area contributed by atoms with Gasteiger partial charge in [0.25, 0.3) is 0 Å². The lowest BCUT2D eigenvalue weighted by Gasteiger charge is -2.13. The second-order valence-corrected chi connectivity index (χ2v) is 7.92. The van der Waals surface area contributed by atoms with Gasteiger partial charge in [0.15, 0.2) is 5.65 Å². The highest BCUT2D eigenvalue weighted by molar-refractivity contribution is 5.95. The van der Waals surface area contributed by atoms with E-state index >= 15 is 0 Å². The SMILES string of the molecule is Cc1cc(C)c(NC(=O)CNC(=O)CCc2c(C)nc3cc(C)nn3c2C)c(C)c1. The van der Waals surface area contributed by atoms with Crippen LogP contribution in [0.1, 0.15) is 45.8 Å². The first-order chi connectivity index (χ1) is 14.2. The zero-order valence-electron chi connectivity index (χ0n) is 18.5. The molecule has 3 aromatic rings. The number of aryl methyl sites for hydroxylation is 6. The molecule has 0 fully saturated rings. The highest BCUT2D eigenvalue weighted by atomic mass is 16.2. The quantitative estimate of drug-likeness (QED) is 0.656. The van der Waals surface area contributed by atoms with Crippen molar-refractivity contribution in [3.63, 3.8) is 0 Å². The summed E-state index contributed by atoms with van der Waals surface area (Å²) in [4.78, 5) is 29.2. The third-order valence-electron chi connectivity index (χ3n) is 5.28. The van der Waals surface area contributed by atoms with Crippen molar-refractivity contribution in [1.29, 1.82) is 0 Å². The normalized spacial score (nSPS) is 11.0. The molecule has 0 unspecified atom stereocenters. The number of fused-ring (bicyclic) bond motifs is 1. The van der Waals surface area contributed by atoms with E-state index in [1.807, 2.05) is 64.3 Å². The number of carbonyl (C=O) groups excluding carboxylic acids is 2. The molecule has 1 aromatic carbocycles. The highest BCUT2D eigenvalue weighted by Crippen LogP contribution is 2.21. The van der Waals surface area contributed by atoms with Crippen LogP contribution in [0.25, 0.3) is 5.65 Å². The van der Waals surface area contributed by atoms with Crippen molar-refractivity contribution in [3.8, 4) is 0 Å². The minimum absolute atomic E-state index is 0.0564.